The summed E-state index contributed by atoms with van der Waals surface area (Å²) in [4.78, 5) is 18.1. The quantitative estimate of drug-likeness (QED) is 0.822. The van der Waals surface area contributed by atoms with Crippen molar-refractivity contribution in [3.8, 4) is 0 Å². The summed E-state index contributed by atoms with van der Waals surface area (Å²) in [5, 5.41) is 2.89. The van der Waals surface area contributed by atoms with Crippen LogP contribution < -0.4 is 16.0 Å². The molecule has 0 radical (unpaired) electrons. The average Bonchev–Trinajstić information content (AvgIpc) is 2.30. The van der Waals surface area contributed by atoms with Gasteiger partial charge in [-0.25, -0.2) is 4.98 Å². The maximum atomic E-state index is 11.7. The number of pyridine rings is 1. The Morgan fingerprint density at radius 3 is 2.53 bits per heavy atom. The van der Waals surface area contributed by atoms with E-state index in [1.165, 1.54) is 0 Å². The lowest BCUT2D eigenvalue weighted by atomic mass is 10.2. The van der Waals surface area contributed by atoms with Crippen molar-refractivity contribution in [3.05, 3.63) is 18.3 Å². The number of hydrogen-bond donors (Lipinski definition) is 2. The van der Waals surface area contributed by atoms with Gasteiger partial charge >= 0.3 is 0 Å². The zero-order chi connectivity index (χ0) is 14.4. The Morgan fingerprint density at radius 2 is 2.05 bits per heavy atom. The van der Waals surface area contributed by atoms with E-state index < -0.39 is 0 Å². The van der Waals surface area contributed by atoms with Crippen LogP contribution in [0, 0.1) is 0 Å². The number of nitrogens with one attached hydrogen (secondary N) is 1. The Labute approximate surface area is 115 Å². The average molecular weight is 264 g/mol. The summed E-state index contributed by atoms with van der Waals surface area (Å²) < 4.78 is 0. The highest BCUT2D eigenvalue weighted by atomic mass is 16.1. The first-order valence-electron chi connectivity index (χ1n) is 6.67. The van der Waals surface area contributed by atoms with E-state index in [9.17, 15) is 4.79 Å². The van der Waals surface area contributed by atoms with Crippen molar-refractivity contribution in [2.24, 2.45) is 0 Å². The van der Waals surface area contributed by atoms with Crippen LogP contribution in [0.25, 0.3) is 0 Å². The molecule has 0 fully saturated rings. The molecule has 0 aliphatic rings. The van der Waals surface area contributed by atoms with Gasteiger partial charge in [-0.3, -0.25) is 4.79 Å². The van der Waals surface area contributed by atoms with Crippen molar-refractivity contribution in [3.63, 3.8) is 0 Å². The predicted molar refractivity (Wildman–Crippen MR) is 79.0 cm³/mol. The summed E-state index contributed by atoms with van der Waals surface area (Å²) in [5.41, 5.74) is 6.28. The number of nitrogens with two attached hydrogens (primary N) is 1. The molecule has 0 atom stereocenters. The fourth-order valence-corrected chi connectivity index (χ4v) is 1.82. The van der Waals surface area contributed by atoms with E-state index in [0.29, 0.717) is 18.7 Å². The number of rotatable bonds is 6. The lowest BCUT2D eigenvalue weighted by molar-refractivity contribution is -0.121. The molecule has 5 nitrogen and oxygen atoms in total. The highest BCUT2D eigenvalue weighted by Gasteiger charge is 2.13. The van der Waals surface area contributed by atoms with Gasteiger partial charge in [-0.15, -0.1) is 0 Å². The number of carbonyl (C=O) groups excluding carboxylic acids is 1. The fourth-order valence-electron chi connectivity index (χ4n) is 1.82. The van der Waals surface area contributed by atoms with Crippen LogP contribution >= 0.6 is 0 Å². The lowest BCUT2D eigenvalue weighted by Crippen LogP contribution is -2.37. The van der Waals surface area contributed by atoms with Gasteiger partial charge in [0.05, 0.1) is 11.9 Å². The first-order valence-corrected chi connectivity index (χ1v) is 6.67. The third kappa shape index (κ3) is 5.16. The third-order valence-electron chi connectivity index (χ3n) is 2.72. The molecule has 0 aliphatic carbocycles. The van der Waals surface area contributed by atoms with Crippen LogP contribution in [-0.2, 0) is 4.79 Å². The number of carbonyl (C=O) groups is 1. The molecule has 1 aromatic rings. The van der Waals surface area contributed by atoms with Gasteiger partial charge in [0.15, 0.2) is 0 Å². The normalized spacial score (nSPS) is 10.8. The van der Waals surface area contributed by atoms with E-state index in [2.05, 4.69) is 29.0 Å². The SMILES string of the molecule is CC(C)NC(=O)CCN(c1ccc(N)cn1)C(C)C. The Hall–Kier alpha value is -1.78. The van der Waals surface area contributed by atoms with E-state index in [-0.39, 0.29) is 18.0 Å². The zero-order valence-corrected chi connectivity index (χ0v) is 12.2. The number of hydrogen-bond acceptors (Lipinski definition) is 4. The number of nitrogens with zero attached hydrogens (tertiary/aromatic N) is 2. The second-order valence-corrected chi connectivity index (χ2v) is 5.21. The molecular formula is C14H24N4O. The Bertz CT molecular complexity index is 400. The summed E-state index contributed by atoms with van der Waals surface area (Å²) in [5.74, 6) is 0.914. The minimum atomic E-state index is 0.0658. The Kier molecular flexibility index (Phi) is 5.60. The molecule has 0 aliphatic heterocycles. The Balaban J connectivity index is 2.64. The van der Waals surface area contributed by atoms with Crippen LogP contribution in [0.5, 0.6) is 0 Å². The van der Waals surface area contributed by atoms with Gasteiger partial charge in [0, 0.05) is 25.0 Å². The standard InChI is InChI=1S/C14H24N4O/c1-10(2)17-14(19)7-8-18(11(3)4)13-6-5-12(15)9-16-13/h5-6,9-11H,7-8,15H2,1-4H3,(H,17,19). The lowest BCUT2D eigenvalue weighted by Gasteiger charge is -2.27. The molecule has 0 unspecified atom stereocenters. The Morgan fingerprint density at radius 1 is 1.37 bits per heavy atom. The zero-order valence-electron chi connectivity index (χ0n) is 12.2. The molecule has 1 heterocycles. The number of aromatic nitrogens is 1. The largest absolute Gasteiger partial charge is 0.397 e. The highest BCUT2D eigenvalue weighted by Crippen LogP contribution is 2.15. The molecule has 3 N–H and O–H groups in total. The molecule has 5 heteroatoms. The van der Waals surface area contributed by atoms with Gasteiger partial charge < -0.3 is 16.0 Å². The summed E-state index contributed by atoms with van der Waals surface area (Å²) in [6.07, 6.45) is 2.10. The molecule has 1 rings (SSSR count). The smallest absolute Gasteiger partial charge is 0.221 e. The minimum Gasteiger partial charge on any atom is -0.397 e. The monoisotopic (exact) mass is 264 g/mol. The molecule has 106 valence electrons. The van der Waals surface area contributed by atoms with Crippen molar-refractivity contribution in [2.75, 3.05) is 17.2 Å². The number of amides is 1. The molecule has 19 heavy (non-hydrogen) atoms. The number of nitrogen functional groups attached to an aromatic ring is 1. The summed E-state index contributed by atoms with van der Waals surface area (Å²) in [7, 11) is 0. The van der Waals surface area contributed by atoms with Gasteiger partial charge in [0.25, 0.3) is 0 Å². The van der Waals surface area contributed by atoms with Crippen LogP contribution in [0.15, 0.2) is 18.3 Å². The topological polar surface area (TPSA) is 71.2 Å². The molecule has 0 bridgehead atoms. The second-order valence-electron chi connectivity index (χ2n) is 5.21. The first-order chi connectivity index (χ1) is 8.90. The van der Waals surface area contributed by atoms with Crippen molar-refractivity contribution in [1.82, 2.24) is 10.3 Å². The van der Waals surface area contributed by atoms with Crippen molar-refractivity contribution in [2.45, 2.75) is 46.2 Å². The maximum absolute atomic E-state index is 11.7. The summed E-state index contributed by atoms with van der Waals surface area (Å²) >= 11 is 0. The van der Waals surface area contributed by atoms with Crippen LogP contribution in [0.3, 0.4) is 0 Å². The fraction of sp³-hybridized carbons (Fsp3) is 0.571. The van der Waals surface area contributed by atoms with Crippen LogP contribution in [-0.4, -0.2) is 29.5 Å². The van der Waals surface area contributed by atoms with Gasteiger partial charge in [-0.05, 0) is 39.8 Å². The summed E-state index contributed by atoms with van der Waals surface area (Å²) in [6.45, 7) is 8.73. The molecule has 0 aromatic carbocycles. The maximum Gasteiger partial charge on any atom is 0.221 e. The molecule has 0 spiro atoms. The van der Waals surface area contributed by atoms with Crippen molar-refractivity contribution >= 4 is 17.4 Å². The van der Waals surface area contributed by atoms with Crippen LogP contribution in [0.1, 0.15) is 34.1 Å². The third-order valence-corrected chi connectivity index (χ3v) is 2.72. The summed E-state index contributed by atoms with van der Waals surface area (Å²) in [6, 6.07) is 4.17. The van der Waals surface area contributed by atoms with E-state index in [1.807, 2.05) is 26.0 Å². The van der Waals surface area contributed by atoms with Crippen molar-refractivity contribution in [1.29, 1.82) is 0 Å². The molecule has 1 aromatic heterocycles. The van der Waals surface area contributed by atoms with Crippen LogP contribution in [0.4, 0.5) is 11.5 Å². The van der Waals surface area contributed by atoms with Gasteiger partial charge in [-0.1, -0.05) is 0 Å². The van der Waals surface area contributed by atoms with Crippen molar-refractivity contribution < 1.29 is 4.79 Å². The molecule has 0 saturated heterocycles. The highest BCUT2D eigenvalue weighted by molar-refractivity contribution is 5.76. The van der Waals surface area contributed by atoms with Gasteiger partial charge in [0.1, 0.15) is 5.82 Å². The molecular weight excluding hydrogens is 240 g/mol. The van der Waals surface area contributed by atoms with Gasteiger partial charge in [-0.2, -0.15) is 0 Å². The minimum absolute atomic E-state index is 0.0658. The van der Waals surface area contributed by atoms with E-state index in [1.54, 1.807) is 6.20 Å². The first kappa shape index (κ1) is 15.3. The van der Waals surface area contributed by atoms with Crippen LogP contribution in [0.2, 0.25) is 0 Å². The predicted octanol–water partition coefficient (Wildman–Crippen LogP) is 1.79. The van der Waals surface area contributed by atoms with E-state index in [0.717, 1.165) is 5.82 Å². The molecule has 1 amide bonds. The molecule has 0 saturated carbocycles. The second kappa shape index (κ2) is 6.97. The van der Waals surface area contributed by atoms with E-state index >= 15 is 0 Å². The number of anilines is 2. The van der Waals surface area contributed by atoms with E-state index in [4.69, 9.17) is 5.73 Å². The van der Waals surface area contributed by atoms with Gasteiger partial charge in [0.2, 0.25) is 5.91 Å².